The molecular weight excluding hydrogens is 236 g/mol. The summed E-state index contributed by atoms with van der Waals surface area (Å²) >= 11 is 0. The maximum Gasteiger partial charge on any atom is 0.137 e. The molecule has 1 aromatic heterocycles. The van der Waals surface area contributed by atoms with Crippen molar-refractivity contribution in [3.05, 3.63) is 66.5 Å². The van der Waals surface area contributed by atoms with E-state index in [4.69, 9.17) is 4.74 Å². The number of aromatic amines is 1. The van der Waals surface area contributed by atoms with E-state index in [0.717, 1.165) is 28.6 Å². The first-order chi connectivity index (χ1) is 9.31. The molecule has 0 saturated heterocycles. The van der Waals surface area contributed by atoms with Crippen LogP contribution in [-0.2, 0) is 0 Å². The molecule has 1 N–H and O–H groups in total. The molecule has 0 radical (unpaired) electrons. The Balaban J connectivity index is 1.88. The number of benzene rings is 2. The van der Waals surface area contributed by atoms with Gasteiger partial charge in [0.15, 0.2) is 0 Å². The van der Waals surface area contributed by atoms with Crippen molar-refractivity contribution in [2.24, 2.45) is 0 Å². The van der Waals surface area contributed by atoms with Crippen LogP contribution in [0.3, 0.4) is 0 Å². The minimum Gasteiger partial charge on any atom is -0.457 e. The number of ether oxygens (including phenoxy) is 1. The van der Waals surface area contributed by atoms with Crippen molar-refractivity contribution < 1.29 is 4.74 Å². The van der Waals surface area contributed by atoms with Crippen molar-refractivity contribution >= 4 is 0 Å². The van der Waals surface area contributed by atoms with Gasteiger partial charge < -0.3 is 9.72 Å². The molecule has 19 heavy (non-hydrogen) atoms. The van der Waals surface area contributed by atoms with Gasteiger partial charge in [0.25, 0.3) is 0 Å². The molecule has 0 bridgehead atoms. The number of hydrogen-bond donors (Lipinski definition) is 1. The van der Waals surface area contributed by atoms with E-state index in [1.54, 1.807) is 0 Å². The number of H-pyrrole nitrogens is 1. The maximum absolute atomic E-state index is 5.81. The Bertz CT molecular complexity index is 674. The number of aromatic nitrogens is 2. The van der Waals surface area contributed by atoms with Crippen molar-refractivity contribution in [1.29, 1.82) is 0 Å². The molecular formula is C16H14N2O. The van der Waals surface area contributed by atoms with Gasteiger partial charge in [0.2, 0.25) is 0 Å². The SMILES string of the molecule is Cc1cnc(-c2cccc(Oc3ccccc3)c2)[nH]1. The average molecular weight is 250 g/mol. The van der Waals surface area contributed by atoms with Gasteiger partial charge in [0.05, 0.1) is 0 Å². The summed E-state index contributed by atoms with van der Waals surface area (Å²) in [5, 5.41) is 0. The highest BCUT2D eigenvalue weighted by Gasteiger charge is 2.03. The minimum atomic E-state index is 0.803. The molecule has 0 aliphatic heterocycles. The zero-order chi connectivity index (χ0) is 13.1. The lowest BCUT2D eigenvalue weighted by Crippen LogP contribution is -1.86. The van der Waals surface area contributed by atoms with E-state index in [-0.39, 0.29) is 0 Å². The highest BCUT2D eigenvalue weighted by Crippen LogP contribution is 2.25. The first kappa shape index (κ1) is 11.5. The summed E-state index contributed by atoms with van der Waals surface area (Å²) in [6, 6.07) is 17.6. The van der Waals surface area contributed by atoms with Gasteiger partial charge in [-0.2, -0.15) is 0 Å². The van der Waals surface area contributed by atoms with Crippen molar-refractivity contribution in [1.82, 2.24) is 9.97 Å². The number of nitrogens with one attached hydrogen (secondary N) is 1. The van der Waals surface area contributed by atoms with E-state index in [0.29, 0.717) is 0 Å². The molecule has 0 aliphatic carbocycles. The molecule has 0 aliphatic rings. The molecule has 0 atom stereocenters. The quantitative estimate of drug-likeness (QED) is 0.757. The predicted molar refractivity (Wildman–Crippen MR) is 75.3 cm³/mol. The van der Waals surface area contributed by atoms with Gasteiger partial charge >= 0.3 is 0 Å². The number of nitrogens with zero attached hydrogens (tertiary/aromatic N) is 1. The van der Waals surface area contributed by atoms with Crippen LogP contribution in [0.15, 0.2) is 60.8 Å². The Morgan fingerprint density at radius 1 is 0.947 bits per heavy atom. The molecule has 2 aromatic carbocycles. The zero-order valence-electron chi connectivity index (χ0n) is 10.6. The van der Waals surface area contributed by atoms with Gasteiger partial charge in [-0.1, -0.05) is 30.3 Å². The van der Waals surface area contributed by atoms with Gasteiger partial charge in [-0.3, -0.25) is 0 Å². The summed E-state index contributed by atoms with van der Waals surface area (Å²) in [4.78, 5) is 7.54. The lowest BCUT2D eigenvalue weighted by atomic mass is 10.2. The van der Waals surface area contributed by atoms with Crippen LogP contribution in [0.4, 0.5) is 0 Å². The lowest BCUT2D eigenvalue weighted by molar-refractivity contribution is 0.483. The molecule has 3 aromatic rings. The predicted octanol–water partition coefficient (Wildman–Crippen LogP) is 4.18. The Morgan fingerprint density at radius 2 is 1.74 bits per heavy atom. The molecule has 3 heteroatoms. The van der Waals surface area contributed by atoms with Gasteiger partial charge in [-0.15, -0.1) is 0 Å². The van der Waals surface area contributed by atoms with Crippen LogP contribution < -0.4 is 4.74 Å². The largest absolute Gasteiger partial charge is 0.457 e. The molecule has 3 rings (SSSR count). The summed E-state index contributed by atoms with van der Waals surface area (Å²) in [6.45, 7) is 1.99. The minimum absolute atomic E-state index is 0.803. The third-order valence-corrected chi connectivity index (χ3v) is 2.79. The number of rotatable bonds is 3. The summed E-state index contributed by atoms with van der Waals surface area (Å²) < 4.78 is 5.81. The summed E-state index contributed by atoms with van der Waals surface area (Å²) in [7, 11) is 0. The van der Waals surface area contributed by atoms with Crippen LogP contribution in [-0.4, -0.2) is 9.97 Å². The number of para-hydroxylation sites is 1. The highest BCUT2D eigenvalue weighted by atomic mass is 16.5. The van der Waals surface area contributed by atoms with Crippen molar-refractivity contribution in [2.75, 3.05) is 0 Å². The zero-order valence-corrected chi connectivity index (χ0v) is 10.6. The van der Waals surface area contributed by atoms with Crippen LogP contribution >= 0.6 is 0 Å². The number of imidazole rings is 1. The summed E-state index contributed by atoms with van der Waals surface area (Å²) in [5.74, 6) is 2.49. The molecule has 0 fully saturated rings. The molecule has 1 heterocycles. The van der Waals surface area contributed by atoms with E-state index in [1.165, 1.54) is 0 Å². The van der Waals surface area contributed by atoms with E-state index in [1.807, 2.05) is 67.7 Å². The molecule has 0 saturated carbocycles. The Kier molecular flexibility index (Phi) is 3.02. The van der Waals surface area contributed by atoms with Crippen molar-refractivity contribution in [3.8, 4) is 22.9 Å². The second kappa shape index (κ2) is 4.98. The van der Waals surface area contributed by atoms with E-state index in [2.05, 4.69) is 9.97 Å². The van der Waals surface area contributed by atoms with Gasteiger partial charge in [-0.05, 0) is 31.2 Å². The fourth-order valence-corrected chi connectivity index (χ4v) is 1.89. The molecule has 94 valence electrons. The Labute approximate surface area is 111 Å². The fraction of sp³-hybridized carbons (Fsp3) is 0.0625. The van der Waals surface area contributed by atoms with Crippen LogP contribution in [0.5, 0.6) is 11.5 Å². The lowest BCUT2D eigenvalue weighted by Gasteiger charge is -2.06. The number of aryl methyl sites for hydroxylation is 1. The highest BCUT2D eigenvalue weighted by molar-refractivity contribution is 5.58. The van der Waals surface area contributed by atoms with Crippen LogP contribution in [0.1, 0.15) is 5.69 Å². The van der Waals surface area contributed by atoms with Crippen molar-refractivity contribution in [3.63, 3.8) is 0 Å². The van der Waals surface area contributed by atoms with Gasteiger partial charge in [-0.25, -0.2) is 4.98 Å². The van der Waals surface area contributed by atoms with Crippen LogP contribution in [0, 0.1) is 6.92 Å². The van der Waals surface area contributed by atoms with Crippen molar-refractivity contribution in [2.45, 2.75) is 6.92 Å². The fourth-order valence-electron chi connectivity index (χ4n) is 1.89. The summed E-state index contributed by atoms with van der Waals surface area (Å²) in [5.41, 5.74) is 2.06. The smallest absolute Gasteiger partial charge is 0.137 e. The van der Waals surface area contributed by atoms with E-state index in [9.17, 15) is 0 Å². The summed E-state index contributed by atoms with van der Waals surface area (Å²) in [6.07, 6.45) is 1.82. The first-order valence-corrected chi connectivity index (χ1v) is 6.16. The normalized spacial score (nSPS) is 10.4. The van der Waals surface area contributed by atoms with Gasteiger partial charge in [0.1, 0.15) is 17.3 Å². The van der Waals surface area contributed by atoms with Crippen LogP contribution in [0.25, 0.3) is 11.4 Å². The number of hydrogen-bond acceptors (Lipinski definition) is 2. The first-order valence-electron chi connectivity index (χ1n) is 6.16. The average Bonchev–Trinajstić information content (AvgIpc) is 2.87. The molecule has 0 amide bonds. The molecule has 3 nitrogen and oxygen atoms in total. The second-order valence-electron chi connectivity index (χ2n) is 4.36. The standard InChI is InChI=1S/C16H14N2O/c1-12-11-17-16(18-12)13-6-5-9-15(10-13)19-14-7-3-2-4-8-14/h2-11H,1H3,(H,17,18). The molecule has 0 spiro atoms. The third-order valence-electron chi connectivity index (χ3n) is 2.79. The van der Waals surface area contributed by atoms with E-state index >= 15 is 0 Å². The third kappa shape index (κ3) is 2.65. The monoisotopic (exact) mass is 250 g/mol. The van der Waals surface area contributed by atoms with Gasteiger partial charge in [0, 0.05) is 17.5 Å². The van der Waals surface area contributed by atoms with Crippen LogP contribution in [0.2, 0.25) is 0 Å². The topological polar surface area (TPSA) is 37.9 Å². The van der Waals surface area contributed by atoms with E-state index < -0.39 is 0 Å². The Morgan fingerprint density at radius 3 is 2.47 bits per heavy atom. The second-order valence-corrected chi connectivity index (χ2v) is 4.36. The Hall–Kier alpha value is -2.55. The molecule has 0 unspecified atom stereocenters. The maximum atomic E-state index is 5.81.